The molecule has 2 heterocycles. The molecule has 0 aliphatic rings. The van der Waals surface area contributed by atoms with Gasteiger partial charge in [-0.05, 0) is 59.7 Å². The molecule has 0 fully saturated rings. The molecule has 10 heteroatoms. The molecule has 0 bridgehead atoms. The monoisotopic (exact) mass is 682 g/mol. The molecule has 0 unspecified atom stereocenters. The molecular formula is C38H46N6O2S2+2. The van der Waals surface area contributed by atoms with Gasteiger partial charge in [-0.1, -0.05) is 45.9 Å². The van der Waals surface area contributed by atoms with Crippen LogP contribution >= 0.6 is 21.6 Å². The topological polar surface area (TPSA) is 72.4 Å². The highest BCUT2D eigenvalue weighted by Crippen LogP contribution is 2.19. The van der Waals surface area contributed by atoms with Crippen LogP contribution in [0.5, 0.6) is 0 Å². The maximum atomic E-state index is 12.6. The number of anilines is 2. The van der Waals surface area contributed by atoms with Crippen molar-refractivity contribution in [1.29, 1.82) is 0 Å². The van der Waals surface area contributed by atoms with E-state index in [1.165, 1.54) is 0 Å². The van der Waals surface area contributed by atoms with Gasteiger partial charge in [0.2, 0.25) is 24.5 Å². The lowest BCUT2D eigenvalue weighted by Crippen LogP contribution is -2.45. The Morgan fingerprint density at radius 1 is 0.583 bits per heavy atom. The summed E-state index contributed by atoms with van der Waals surface area (Å²) < 4.78 is 3.89. The molecule has 4 aromatic rings. The third-order valence-corrected chi connectivity index (χ3v) is 9.80. The number of hydrogen-bond donors (Lipinski definition) is 2. The van der Waals surface area contributed by atoms with Crippen molar-refractivity contribution in [2.24, 2.45) is 0 Å². The van der Waals surface area contributed by atoms with Gasteiger partial charge in [0.25, 0.3) is 11.8 Å². The Hall–Kier alpha value is -4.54. The predicted octanol–water partition coefficient (Wildman–Crippen LogP) is 5.05. The van der Waals surface area contributed by atoms with Crippen LogP contribution in [0.4, 0.5) is 11.4 Å². The van der Waals surface area contributed by atoms with E-state index in [4.69, 9.17) is 0 Å². The number of nitrogens with one attached hydrogen (secondary N) is 2. The maximum Gasteiger partial charge on any atom is 0.286 e. The molecule has 2 aromatic heterocycles. The summed E-state index contributed by atoms with van der Waals surface area (Å²) in [6.45, 7) is 1.68. The zero-order chi connectivity index (χ0) is 34.1. The number of nitrogens with zero attached hydrogens (tertiary/aromatic N) is 4. The third kappa shape index (κ3) is 12.2. The number of aromatic nitrogens is 2. The van der Waals surface area contributed by atoms with E-state index >= 15 is 0 Å². The quantitative estimate of drug-likeness (QED) is 0.0924. The fraction of sp³-hybridized carbons (Fsp3) is 0.263. The fourth-order valence-corrected chi connectivity index (χ4v) is 6.52. The van der Waals surface area contributed by atoms with Gasteiger partial charge in [-0.25, -0.2) is 0 Å². The number of hydrogen-bond acceptors (Lipinski definition) is 6. The van der Waals surface area contributed by atoms with Gasteiger partial charge in [-0.3, -0.25) is 9.59 Å². The first-order valence-electron chi connectivity index (χ1n) is 15.9. The first-order valence-corrected chi connectivity index (χ1v) is 18.4. The second kappa shape index (κ2) is 19.3. The summed E-state index contributed by atoms with van der Waals surface area (Å²) in [5, 5.41) is 6.03. The smallest absolute Gasteiger partial charge is 0.286 e. The van der Waals surface area contributed by atoms with E-state index < -0.39 is 0 Å². The molecule has 0 radical (unpaired) electrons. The van der Waals surface area contributed by atoms with Gasteiger partial charge in [-0.2, -0.15) is 9.13 Å². The highest BCUT2D eigenvalue weighted by Gasteiger charge is 2.14. The Kier molecular flexibility index (Phi) is 14.6. The van der Waals surface area contributed by atoms with E-state index in [0.29, 0.717) is 13.1 Å². The second-order valence-corrected chi connectivity index (χ2v) is 14.2. The van der Waals surface area contributed by atoms with Crippen molar-refractivity contribution in [2.45, 2.75) is 13.1 Å². The fourth-order valence-electron chi connectivity index (χ4n) is 4.70. The number of carbonyl (C=O) groups excluding carboxylic acids is 2. The lowest BCUT2D eigenvalue weighted by atomic mass is 10.1. The highest BCUT2D eigenvalue weighted by atomic mass is 33.1. The van der Waals surface area contributed by atoms with Gasteiger partial charge < -0.3 is 20.4 Å². The number of rotatable bonds is 17. The molecule has 0 aliphatic carbocycles. The molecule has 0 spiro atoms. The Labute approximate surface area is 293 Å². The van der Waals surface area contributed by atoms with E-state index in [1.54, 1.807) is 21.6 Å². The molecule has 0 atom stereocenters. The zero-order valence-electron chi connectivity index (χ0n) is 28.2. The minimum Gasteiger partial charge on any atom is -0.378 e. The van der Waals surface area contributed by atoms with Crippen molar-refractivity contribution in [2.75, 3.05) is 62.6 Å². The van der Waals surface area contributed by atoms with Crippen molar-refractivity contribution in [3.05, 3.63) is 120 Å². The van der Waals surface area contributed by atoms with Gasteiger partial charge >= 0.3 is 0 Å². The van der Waals surface area contributed by atoms with E-state index in [2.05, 4.69) is 81.1 Å². The Bertz CT molecular complexity index is 1550. The summed E-state index contributed by atoms with van der Waals surface area (Å²) in [7, 11) is 11.5. The van der Waals surface area contributed by atoms with Gasteiger partial charge in [0, 0.05) is 101 Å². The summed E-state index contributed by atoms with van der Waals surface area (Å²) in [5.41, 5.74) is 6.43. The zero-order valence-corrected chi connectivity index (χ0v) is 29.8. The summed E-state index contributed by atoms with van der Waals surface area (Å²) in [5.74, 6) is 1.52. The van der Waals surface area contributed by atoms with E-state index in [1.807, 2.05) is 98.3 Å². The van der Waals surface area contributed by atoms with Crippen LogP contribution < -0.4 is 29.6 Å². The van der Waals surface area contributed by atoms with Crippen LogP contribution in [0.25, 0.3) is 24.3 Å². The van der Waals surface area contributed by atoms with Gasteiger partial charge in [0.05, 0.1) is 0 Å². The Morgan fingerprint density at radius 2 is 0.979 bits per heavy atom. The normalized spacial score (nSPS) is 11.2. The van der Waals surface area contributed by atoms with Crippen LogP contribution in [0.2, 0.25) is 0 Å². The summed E-state index contributed by atoms with van der Waals surface area (Å²) in [6.07, 6.45) is 12.0. The molecule has 2 amide bonds. The maximum absolute atomic E-state index is 12.6. The first-order chi connectivity index (χ1) is 23.3. The molecule has 2 N–H and O–H groups in total. The van der Waals surface area contributed by atoms with Crippen LogP contribution in [0.1, 0.15) is 22.5 Å². The minimum absolute atomic E-state index is 0.0242. The number of amides is 2. The van der Waals surface area contributed by atoms with Gasteiger partial charge in [-0.15, -0.1) is 0 Å². The molecule has 2 aromatic carbocycles. The molecule has 0 saturated carbocycles. The molecular weight excluding hydrogens is 637 g/mol. The molecule has 8 nitrogen and oxygen atoms in total. The number of pyridine rings is 2. The standard InChI is InChI=1S/C38H44N6O2S2/c1-41(2)33-17-11-31(12-18-33)15-21-35-9-5-7-25-43(35)29-37(45)39-23-27-47-48-28-24-40-38(46)30-44-26-8-6-10-36(44)22-16-32-13-19-34(20-14-32)42(3)4/h5-22,25-26H,23-24,27-30H2,1-4H3/p+2. The van der Waals surface area contributed by atoms with Crippen LogP contribution in [0, 0.1) is 0 Å². The third-order valence-electron chi connectivity index (χ3n) is 7.39. The van der Waals surface area contributed by atoms with Gasteiger partial charge in [0.15, 0.2) is 12.4 Å². The van der Waals surface area contributed by atoms with E-state index in [0.717, 1.165) is 45.4 Å². The first kappa shape index (κ1) is 36.3. The lowest BCUT2D eigenvalue weighted by Gasteiger charge is -2.11. The molecule has 4 rings (SSSR count). The highest BCUT2D eigenvalue weighted by molar-refractivity contribution is 8.76. The Morgan fingerprint density at radius 3 is 1.35 bits per heavy atom. The number of benzene rings is 2. The molecule has 0 saturated heterocycles. The average Bonchev–Trinajstić information content (AvgIpc) is 3.09. The molecule has 48 heavy (non-hydrogen) atoms. The summed E-state index contributed by atoms with van der Waals surface area (Å²) >= 11 is 0. The van der Waals surface area contributed by atoms with Crippen molar-refractivity contribution >= 4 is 69.1 Å². The van der Waals surface area contributed by atoms with Crippen LogP contribution in [-0.2, 0) is 22.7 Å². The largest absolute Gasteiger partial charge is 0.378 e. The predicted molar refractivity (Wildman–Crippen MR) is 204 cm³/mol. The van der Waals surface area contributed by atoms with Crippen molar-refractivity contribution < 1.29 is 18.7 Å². The second-order valence-electron chi connectivity index (χ2n) is 11.5. The molecule has 250 valence electrons. The van der Waals surface area contributed by atoms with Crippen molar-refractivity contribution in [3.63, 3.8) is 0 Å². The van der Waals surface area contributed by atoms with Crippen molar-refractivity contribution in [1.82, 2.24) is 10.6 Å². The van der Waals surface area contributed by atoms with Crippen LogP contribution in [0.3, 0.4) is 0 Å². The van der Waals surface area contributed by atoms with Crippen molar-refractivity contribution in [3.8, 4) is 0 Å². The summed E-state index contributed by atoms with van der Waals surface area (Å²) in [6, 6.07) is 28.5. The number of carbonyl (C=O) groups is 2. The summed E-state index contributed by atoms with van der Waals surface area (Å²) in [4.78, 5) is 29.4. The van der Waals surface area contributed by atoms with Gasteiger partial charge in [0.1, 0.15) is 0 Å². The lowest BCUT2D eigenvalue weighted by molar-refractivity contribution is -0.686. The van der Waals surface area contributed by atoms with E-state index in [9.17, 15) is 9.59 Å². The van der Waals surface area contributed by atoms with Crippen LogP contribution in [0.15, 0.2) is 97.3 Å². The SMILES string of the molecule is CN(C)c1ccc(/C=C/c2cccc[n+]2CC(=O)NCCSSCCNC(=O)C[n+]2ccccc2/C=C/c2ccc(N(C)C)cc2)cc1. The van der Waals surface area contributed by atoms with Crippen LogP contribution in [-0.4, -0.2) is 64.6 Å². The average molecular weight is 683 g/mol. The molecule has 0 aliphatic heterocycles. The van der Waals surface area contributed by atoms with E-state index in [-0.39, 0.29) is 24.9 Å². The Balaban J connectivity index is 1.11. The minimum atomic E-state index is -0.0242.